The van der Waals surface area contributed by atoms with Gasteiger partial charge in [0, 0.05) is 11.3 Å². The van der Waals surface area contributed by atoms with Crippen molar-refractivity contribution in [1.29, 1.82) is 0 Å². The van der Waals surface area contributed by atoms with E-state index in [4.69, 9.17) is 0 Å². The fourth-order valence-electron chi connectivity index (χ4n) is 2.27. The van der Waals surface area contributed by atoms with Crippen molar-refractivity contribution >= 4 is 11.6 Å². The lowest BCUT2D eigenvalue weighted by atomic mass is 10.1. The number of anilines is 1. The molecule has 0 saturated heterocycles. The number of nitrogens with zero attached hydrogens (tertiary/aromatic N) is 2. The molecule has 3 rings (SSSR count). The molecule has 110 valence electrons. The van der Waals surface area contributed by atoms with Crippen molar-refractivity contribution in [3.8, 4) is 11.4 Å². The topological polar surface area (TPSA) is 70.7 Å². The maximum absolute atomic E-state index is 12.1. The van der Waals surface area contributed by atoms with Gasteiger partial charge in [0.15, 0.2) is 5.82 Å². The number of benzene rings is 2. The second-order valence-corrected chi connectivity index (χ2v) is 5.13. The number of aromatic amines is 1. The summed E-state index contributed by atoms with van der Waals surface area (Å²) in [7, 11) is 0. The van der Waals surface area contributed by atoms with Crippen molar-refractivity contribution in [2.75, 3.05) is 5.32 Å². The van der Waals surface area contributed by atoms with E-state index in [1.165, 1.54) is 6.33 Å². The van der Waals surface area contributed by atoms with Crippen LogP contribution in [-0.2, 0) is 11.2 Å². The molecule has 1 heterocycles. The molecule has 1 amide bonds. The molecule has 0 radical (unpaired) electrons. The summed E-state index contributed by atoms with van der Waals surface area (Å²) in [5.74, 6) is 0.677. The summed E-state index contributed by atoms with van der Waals surface area (Å²) >= 11 is 0. The van der Waals surface area contributed by atoms with Gasteiger partial charge < -0.3 is 5.32 Å². The number of carbonyl (C=O) groups is 1. The predicted molar refractivity (Wildman–Crippen MR) is 85.3 cm³/mol. The number of hydrogen-bond acceptors (Lipinski definition) is 3. The van der Waals surface area contributed by atoms with Gasteiger partial charge in [0.2, 0.25) is 5.91 Å². The summed E-state index contributed by atoms with van der Waals surface area (Å²) in [6.07, 6.45) is 1.83. The van der Waals surface area contributed by atoms with Gasteiger partial charge >= 0.3 is 0 Å². The van der Waals surface area contributed by atoms with Gasteiger partial charge in [-0.25, -0.2) is 4.98 Å². The summed E-state index contributed by atoms with van der Waals surface area (Å²) < 4.78 is 0. The average Bonchev–Trinajstić information content (AvgIpc) is 3.02. The molecule has 5 heteroatoms. The van der Waals surface area contributed by atoms with Gasteiger partial charge in [-0.1, -0.05) is 29.8 Å². The number of nitrogens with one attached hydrogen (secondary N) is 2. The van der Waals surface area contributed by atoms with Crippen LogP contribution in [0.2, 0.25) is 0 Å². The first-order valence-electron chi connectivity index (χ1n) is 7.02. The van der Waals surface area contributed by atoms with Crippen molar-refractivity contribution in [2.24, 2.45) is 0 Å². The Morgan fingerprint density at radius 1 is 1.18 bits per heavy atom. The Balaban J connectivity index is 1.64. The van der Waals surface area contributed by atoms with Gasteiger partial charge in [0.1, 0.15) is 6.33 Å². The highest BCUT2D eigenvalue weighted by Gasteiger charge is 2.05. The van der Waals surface area contributed by atoms with Crippen molar-refractivity contribution in [2.45, 2.75) is 13.3 Å². The highest BCUT2D eigenvalue weighted by atomic mass is 16.1. The van der Waals surface area contributed by atoms with Crippen LogP contribution in [0.4, 0.5) is 5.69 Å². The smallest absolute Gasteiger partial charge is 0.228 e. The summed E-state index contributed by atoms with van der Waals surface area (Å²) in [4.78, 5) is 16.2. The molecular formula is C17H16N4O. The molecule has 3 aromatic rings. The molecule has 1 aromatic heterocycles. The average molecular weight is 292 g/mol. The third-order valence-electron chi connectivity index (χ3n) is 3.30. The number of aryl methyl sites for hydroxylation is 1. The zero-order chi connectivity index (χ0) is 15.4. The molecule has 0 fully saturated rings. The minimum absolute atomic E-state index is 0.0296. The standard InChI is InChI=1S/C17H16N4O/c1-12-3-2-4-13(9-12)10-16(22)20-15-7-5-14(6-8-15)17-18-11-19-21-17/h2-9,11H,10H2,1H3,(H,20,22)(H,18,19,21). The molecule has 22 heavy (non-hydrogen) atoms. The van der Waals surface area contributed by atoms with E-state index in [0.717, 1.165) is 22.4 Å². The van der Waals surface area contributed by atoms with Crippen molar-refractivity contribution < 1.29 is 4.79 Å². The monoisotopic (exact) mass is 292 g/mol. The van der Waals surface area contributed by atoms with Gasteiger partial charge in [-0.15, -0.1) is 0 Å². The quantitative estimate of drug-likeness (QED) is 0.776. The summed E-state index contributed by atoms with van der Waals surface area (Å²) in [5, 5.41) is 9.52. The van der Waals surface area contributed by atoms with Crippen LogP contribution < -0.4 is 5.32 Å². The van der Waals surface area contributed by atoms with Crippen molar-refractivity contribution in [3.05, 3.63) is 66.0 Å². The summed E-state index contributed by atoms with van der Waals surface area (Å²) in [5.41, 5.74) is 3.85. The van der Waals surface area contributed by atoms with Gasteiger partial charge in [-0.2, -0.15) is 5.10 Å². The lowest BCUT2D eigenvalue weighted by molar-refractivity contribution is -0.115. The highest BCUT2D eigenvalue weighted by molar-refractivity contribution is 5.92. The van der Waals surface area contributed by atoms with Crippen LogP contribution in [-0.4, -0.2) is 21.1 Å². The normalized spacial score (nSPS) is 10.4. The maximum atomic E-state index is 12.1. The zero-order valence-corrected chi connectivity index (χ0v) is 12.2. The zero-order valence-electron chi connectivity index (χ0n) is 12.2. The van der Waals surface area contributed by atoms with Gasteiger partial charge in [0.25, 0.3) is 0 Å². The first-order chi connectivity index (χ1) is 10.7. The van der Waals surface area contributed by atoms with E-state index >= 15 is 0 Å². The molecular weight excluding hydrogens is 276 g/mol. The number of H-pyrrole nitrogens is 1. The van der Waals surface area contributed by atoms with Gasteiger partial charge in [-0.3, -0.25) is 9.89 Å². The lowest BCUT2D eigenvalue weighted by Crippen LogP contribution is -2.14. The predicted octanol–water partition coefficient (Wildman–Crippen LogP) is 2.96. The highest BCUT2D eigenvalue weighted by Crippen LogP contribution is 2.17. The number of aromatic nitrogens is 3. The molecule has 0 aliphatic rings. The Labute approximate surface area is 128 Å². The van der Waals surface area contributed by atoms with E-state index in [0.29, 0.717) is 12.2 Å². The summed E-state index contributed by atoms with van der Waals surface area (Å²) in [6.45, 7) is 2.02. The first-order valence-corrected chi connectivity index (χ1v) is 7.02. The molecule has 2 aromatic carbocycles. The third kappa shape index (κ3) is 3.38. The number of amides is 1. The van der Waals surface area contributed by atoms with E-state index in [1.54, 1.807) is 0 Å². The molecule has 0 atom stereocenters. The van der Waals surface area contributed by atoms with E-state index in [1.807, 2.05) is 55.5 Å². The number of hydrogen-bond donors (Lipinski definition) is 2. The van der Waals surface area contributed by atoms with Crippen molar-refractivity contribution in [3.63, 3.8) is 0 Å². The van der Waals surface area contributed by atoms with Gasteiger partial charge in [0.05, 0.1) is 6.42 Å². The second-order valence-electron chi connectivity index (χ2n) is 5.13. The van der Waals surface area contributed by atoms with E-state index < -0.39 is 0 Å². The Kier molecular flexibility index (Phi) is 3.96. The minimum Gasteiger partial charge on any atom is -0.326 e. The van der Waals surface area contributed by atoms with Crippen LogP contribution in [0.3, 0.4) is 0 Å². The molecule has 0 saturated carbocycles. The maximum Gasteiger partial charge on any atom is 0.228 e. The van der Waals surface area contributed by atoms with E-state index in [9.17, 15) is 4.79 Å². The van der Waals surface area contributed by atoms with Crippen LogP contribution in [0.5, 0.6) is 0 Å². The van der Waals surface area contributed by atoms with Crippen LogP contribution in [0, 0.1) is 6.92 Å². The molecule has 0 bridgehead atoms. The van der Waals surface area contributed by atoms with Crippen molar-refractivity contribution in [1.82, 2.24) is 15.2 Å². The molecule has 0 spiro atoms. The fourth-order valence-corrected chi connectivity index (χ4v) is 2.27. The Bertz CT molecular complexity index is 764. The van der Waals surface area contributed by atoms with E-state index in [2.05, 4.69) is 20.5 Å². The second kappa shape index (κ2) is 6.22. The van der Waals surface area contributed by atoms with Crippen LogP contribution in [0.15, 0.2) is 54.9 Å². The van der Waals surface area contributed by atoms with E-state index in [-0.39, 0.29) is 5.91 Å². The Morgan fingerprint density at radius 2 is 2.00 bits per heavy atom. The fraction of sp³-hybridized carbons (Fsp3) is 0.118. The van der Waals surface area contributed by atoms with Crippen LogP contribution in [0.1, 0.15) is 11.1 Å². The first kappa shape index (κ1) is 14.0. The number of rotatable bonds is 4. The summed E-state index contributed by atoms with van der Waals surface area (Å²) in [6, 6.07) is 15.4. The third-order valence-corrected chi connectivity index (χ3v) is 3.30. The minimum atomic E-state index is -0.0296. The molecule has 2 N–H and O–H groups in total. The number of carbonyl (C=O) groups excluding carboxylic acids is 1. The largest absolute Gasteiger partial charge is 0.326 e. The van der Waals surface area contributed by atoms with Gasteiger partial charge in [-0.05, 0) is 36.8 Å². The molecule has 0 unspecified atom stereocenters. The molecule has 5 nitrogen and oxygen atoms in total. The lowest BCUT2D eigenvalue weighted by Gasteiger charge is -2.06. The molecule has 0 aliphatic heterocycles. The van der Waals surface area contributed by atoms with Crippen LogP contribution >= 0.6 is 0 Å². The Hall–Kier alpha value is -2.95. The van der Waals surface area contributed by atoms with Crippen LogP contribution in [0.25, 0.3) is 11.4 Å². The Morgan fingerprint density at radius 3 is 2.68 bits per heavy atom. The molecule has 0 aliphatic carbocycles. The SMILES string of the molecule is Cc1cccc(CC(=O)Nc2ccc(-c3ncn[nH]3)cc2)c1.